The van der Waals surface area contributed by atoms with E-state index < -0.39 is 17.7 Å². The third-order valence-corrected chi connectivity index (χ3v) is 3.81. The first-order valence-corrected chi connectivity index (χ1v) is 6.36. The largest absolute Gasteiger partial charge is 0.447 e. The maximum absolute atomic E-state index is 13.6. The van der Waals surface area contributed by atoms with E-state index in [1.807, 2.05) is 0 Å². The number of amides is 1. The Bertz CT molecular complexity index is 711. The predicted molar refractivity (Wildman–Crippen MR) is 64.3 cm³/mol. The molecule has 2 fully saturated rings. The van der Waals surface area contributed by atoms with Gasteiger partial charge in [0.15, 0.2) is 11.6 Å². The van der Waals surface area contributed by atoms with Gasteiger partial charge in [-0.3, -0.25) is 4.90 Å². The van der Waals surface area contributed by atoms with Crippen LogP contribution in [-0.4, -0.2) is 23.9 Å². The summed E-state index contributed by atoms with van der Waals surface area (Å²) in [4.78, 5) is 13.3. The van der Waals surface area contributed by atoms with Crippen LogP contribution in [-0.2, 0) is 4.74 Å². The summed E-state index contributed by atoms with van der Waals surface area (Å²) in [6, 6.07) is 2.24. The van der Waals surface area contributed by atoms with Gasteiger partial charge < -0.3 is 9.26 Å². The average Bonchev–Trinajstić information content (AvgIpc) is 3.08. The van der Waals surface area contributed by atoms with E-state index in [2.05, 4.69) is 5.16 Å². The average molecular weight is 280 g/mol. The number of benzene rings is 1. The number of nitrogens with zero attached hydrogens (tertiary/aromatic N) is 2. The summed E-state index contributed by atoms with van der Waals surface area (Å²) >= 11 is 0. The number of cyclic esters (lactones) is 1. The van der Waals surface area contributed by atoms with E-state index >= 15 is 0 Å². The summed E-state index contributed by atoms with van der Waals surface area (Å²) in [6.07, 6.45) is 1.52. The molecule has 104 valence electrons. The Morgan fingerprint density at radius 2 is 2.10 bits per heavy atom. The minimum Gasteiger partial charge on any atom is -0.447 e. The van der Waals surface area contributed by atoms with E-state index in [0.29, 0.717) is 12.5 Å². The Kier molecular flexibility index (Phi) is 2.27. The van der Waals surface area contributed by atoms with Crippen molar-refractivity contribution in [1.82, 2.24) is 5.16 Å². The lowest BCUT2D eigenvalue weighted by molar-refractivity contribution is 0.178. The van der Waals surface area contributed by atoms with E-state index in [1.54, 1.807) is 0 Å². The second-order valence-electron chi connectivity index (χ2n) is 5.10. The Morgan fingerprint density at radius 3 is 2.85 bits per heavy atom. The third kappa shape index (κ3) is 1.52. The van der Waals surface area contributed by atoms with Gasteiger partial charge in [-0.05, 0) is 30.9 Å². The number of halogens is 2. The van der Waals surface area contributed by atoms with Crippen molar-refractivity contribution in [3.05, 3.63) is 23.8 Å². The molecule has 1 saturated heterocycles. The summed E-state index contributed by atoms with van der Waals surface area (Å²) in [5.74, 6) is -1.54. The smallest absolute Gasteiger partial charge is 0.416 e. The van der Waals surface area contributed by atoms with Crippen molar-refractivity contribution in [3.8, 4) is 0 Å². The number of fused-ring (bicyclic) bond motifs is 1. The highest BCUT2D eigenvalue weighted by atomic mass is 19.2. The summed E-state index contributed by atoms with van der Waals surface area (Å²) in [5.41, 5.74) is -0.283. The van der Waals surface area contributed by atoms with E-state index in [-0.39, 0.29) is 22.8 Å². The lowest BCUT2D eigenvalue weighted by atomic mass is 10.1. The van der Waals surface area contributed by atoms with Crippen LogP contribution < -0.4 is 4.90 Å². The zero-order valence-corrected chi connectivity index (χ0v) is 10.3. The fraction of sp³-hybridized carbons (Fsp3) is 0.385. The molecule has 1 aromatic carbocycles. The number of rotatable bonds is 2. The van der Waals surface area contributed by atoms with Crippen molar-refractivity contribution in [1.29, 1.82) is 0 Å². The van der Waals surface area contributed by atoms with E-state index in [1.165, 1.54) is 11.0 Å². The first-order chi connectivity index (χ1) is 9.66. The number of carbonyl (C=O) groups excluding carboxylic acids is 1. The quantitative estimate of drug-likeness (QED) is 0.848. The highest BCUT2D eigenvalue weighted by molar-refractivity contribution is 5.99. The Hall–Kier alpha value is -2.18. The summed E-state index contributed by atoms with van der Waals surface area (Å²) in [6.45, 7) is 0.293. The SMILES string of the molecule is O=C1OC[C@H](C2CC2)N1c1noc2c(F)c(F)ccc12. The summed E-state index contributed by atoms with van der Waals surface area (Å²) in [5, 5.41) is 4.01. The van der Waals surface area contributed by atoms with Crippen LogP contribution in [0.4, 0.5) is 19.4 Å². The molecular weight excluding hydrogens is 270 g/mol. The molecule has 0 N–H and O–H groups in total. The van der Waals surface area contributed by atoms with Crippen molar-refractivity contribution in [2.45, 2.75) is 18.9 Å². The molecule has 2 heterocycles. The van der Waals surface area contributed by atoms with Crippen LogP contribution in [0.25, 0.3) is 11.0 Å². The number of hydrogen-bond donors (Lipinski definition) is 0. The second kappa shape index (κ2) is 3.91. The molecule has 5 nitrogen and oxygen atoms in total. The van der Waals surface area contributed by atoms with Crippen LogP contribution in [0.1, 0.15) is 12.8 Å². The third-order valence-electron chi connectivity index (χ3n) is 3.81. The van der Waals surface area contributed by atoms with Crippen molar-refractivity contribution in [2.75, 3.05) is 11.5 Å². The maximum atomic E-state index is 13.6. The Morgan fingerprint density at radius 1 is 1.30 bits per heavy atom. The lowest BCUT2D eigenvalue weighted by Crippen LogP contribution is -2.35. The molecule has 0 spiro atoms. The minimum absolute atomic E-state index is 0.107. The molecule has 4 rings (SSSR count). The lowest BCUT2D eigenvalue weighted by Gasteiger charge is -2.17. The number of ether oxygens (including phenoxy) is 1. The molecular formula is C13H10F2N2O3. The predicted octanol–water partition coefficient (Wildman–Crippen LogP) is 2.84. The molecule has 1 aliphatic heterocycles. The number of aromatic nitrogens is 1. The number of anilines is 1. The van der Waals surface area contributed by atoms with Gasteiger partial charge in [0.2, 0.25) is 11.4 Å². The van der Waals surface area contributed by atoms with Gasteiger partial charge in [-0.1, -0.05) is 5.16 Å². The van der Waals surface area contributed by atoms with Crippen molar-refractivity contribution < 1.29 is 22.8 Å². The van der Waals surface area contributed by atoms with Crippen molar-refractivity contribution in [3.63, 3.8) is 0 Å². The highest BCUT2D eigenvalue weighted by Crippen LogP contribution is 2.41. The van der Waals surface area contributed by atoms with Gasteiger partial charge in [-0.25, -0.2) is 9.18 Å². The monoisotopic (exact) mass is 280 g/mol. The van der Waals surface area contributed by atoms with Gasteiger partial charge >= 0.3 is 6.09 Å². The van der Waals surface area contributed by atoms with Crippen LogP contribution in [0, 0.1) is 17.6 Å². The molecule has 1 saturated carbocycles. The van der Waals surface area contributed by atoms with Gasteiger partial charge in [0.1, 0.15) is 6.61 Å². The van der Waals surface area contributed by atoms with Gasteiger partial charge in [-0.15, -0.1) is 0 Å². The number of hydrogen-bond acceptors (Lipinski definition) is 4. The molecule has 7 heteroatoms. The van der Waals surface area contributed by atoms with Gasteiger partial charge in [0.25, 0.3) is 0 Å². The second-order valence-corrected chi connectivity index (χ2v) is 5.10. The number of carbonyl (C=O) groups is 1. The van der Waals surface area contributed by atoms with Gasteiger partial charge in [0.05, 0.1) is 11.4 Å². The minimum atomic E-state index is -1.10. The fourth-order valence-electron chi connectivity index (χ4n) is 2.62. The molecule has 2 aliphatic rings. The zero-order chi connectivity index (χ0) is 13.9. The van der Waals surface area contributed by atoms with E-state index in [4.69, 9.17) is 9.26 Å². The first-order valence-electron chi connectivity index (χ1n) is 6.36. The molecule has 1 aromatic heterocycles. The molecule has 1 atom stereocenters. The van der Waals surface area contributed by atoms with E-state index in [0.717, 1.165) is 18.9 Å². The first kappa shape index (κ1) is 11.6. The fourth-order valence-corrected chi connectivity index (χ4v) is 2.62. The van der Waals surface area contributed by atoms with Crippen molar-refractivity contribution >= 4 is 22.9 Å². The zero-order valence-electron chi connectivity index (χ0n) is 10.3. The molecule has 1 aliphatic carbocycles. The Balaban J connectivity index is 1.85. The topological polar surface area (TPSA) is 55.6 Å². The molecule has 0 bridgehead atoms. The van der Waals surface area contributed by atoms with Crippen LogP contribution in [0.2, 0.25) is 0 Å². The van der Waals surface area contributed by atoms with Crippen LogP contribution in [0.3, 0.4) is 0 Å². The molecule has 20 heavy (non-hydrogen) atoms. The Labute approximate surface area is 112 Å². The molecule has 0 radical (unpaired) electrons. The van der Waals surface area contributed by atoms with Crippen LogP contribution >= 0.6 is 0 Å². The normalized spacial score (nSPS) is 22.6. The molecule has 0 unspecified atom stereocenters. The standard InChI is InChI=1S/C13H10F2N2O3/c14-8-4-3-7-11(10(8)15)20-16-12(7)17-9(6-1-2-6)5-19-13(17)18/h3-4,6,9H,1-2,5H2/t9-/m1/s1. The summed E-state index contributed by atoms with van der Waals surface area (Å²) < 4.78 is 36.7. The van der Waals surface area contributed by atoms with Crippen molar-refractivity contribution in [2.24, 2.45) is 5.92 Å². The highest BCUT2D eigenvalue weighted by Gasteiger charge is 2.45. The summed E-state index contributed by atoms with van der Waals surface area (Å²) in [7, 11) is 0. The molecule has 1 amide bonds. The van der Waals surface area contributed by atoms with Crippen LogP contribution in [0.5, 0.6) is 0 Å². The maximum Gasteiger partial charge on any atom is 0.416 e. The van der Waals surface area contributed by atoms with E-state index in [9.17, 15) is 13.6 Å². The van der Waals surface area contributed by atoms with Gasteiger partial charge in [-0.2, -0.15) is 4.39 Å². The molecule has 2 aromatic rings. The van der Waals surface area contributed by atoms with Gasteiger partial charge in [0, 0.05) is 0 Å². The van der Waals surface area contributed by atoms with Crippen LogP contribution in [0.15, 0.2) is 16.7 Å².